The van der Waals surface area contributed by atoms with E-state index in [1.54, 1.807) is 22.0 Å². The minimum atomic E-state index is -0.364. The third kappa shape index (κ3) is 4.06. The van der Waals surface area contributed by atoms with Gasteiger partial charge >= 0.3 is 5.97 Å². The molecule has 1 atom stereocenters. The first-order valence-electron chi connectivity index (χ1n) is 11.1. The molecule has 4 heterocycles. The zero-order chi connectivity index (χ0) is 22.9. The zero-order valence-electron chi connectivity index (χ0n) is 18.5. The Morgan fingerprint density at radius 1 is 1.27 bits per heavy atom. The minimum Gasteiger partial charge on any atom is -0.459 e. The van der Waals surface area contributed by atoms with Gasteiger partial charge in [-0.2, -0.15) is 5.10 Å². The Kier molecular flexibility index (Phi) is 5.99. The molecule has 0 fully saturated rings. The van der Waals surface area contributed by atoms with Gasteiger partial charge in [0, 0.05) is 11.1 Å². The molecule has 9 heteroatoms. The summed E-state index contributed by atoms with van der Waals surface area (Å²) in [6.45, 7) is 3.86. The van der Waals surface area contributed by atoms with Crippen molar-refractivity contribution in [3.63, 3.8) is 0 Å². The summed E-state index contributed by atoms with van der Waals surface area (Å²) >= 11 is 3.08. The summed E-state index contributed by atoms with van der Waals surface area (Å²) in [5, 5.41) is 9.95. The summed E-state index contributed by atoms with van der Waals surface area (Å²) in [4.78, 5) is 32.9. The smallest absolute Gasteiger partial charge is 0.341 e. The number of aryl methyl sites for hydroxylation is 1. The molecule has 1 unspecified atom stereocenters. The number of hydrogen-bond donors (Lipinski definition) is 1. The molecule has 33 heavy (non-hydrogen) atoms. The van der Waals surface area contributed by atoms with E-state index in [1.165, 1.54) is 17.5 Å². The number of carbonyl (C=O) groups excluding carboxylic acids is 2. The summed E-state index contributed by atoms with van der Waals surface area (Å²) in [7, 11) is 0. The minimum absolute atomic E-state index is 0.181. The lowest BCUT2D eigenvalue weighted by Crippen LogP contribution is -2.19. The summed E-state index contributed by atoms with van der Waals surface area (Å²) in [6.07, 6.45) is 7.63. The van der Waals surface area contributed by atoms with Crippen LogP contribution < -0.4 is 5.32 Å². The second-order valence-corrected chi connectivity index (χ2v) is 10.1. The van der Waals surface area contributed by atoms with Crippen LogP contribution in [0.2, 0.25) is 0 Å². The highest BCUT2D eigenvalue weighted by molar-refractivity contribution is 7.17. The zero-order valence-corrected chi connectivity index (χ0v) is 20.1. The van der Waals surface area contributed by atoms with Crippen molar-refractivity contribution in [2.75, 3.05) is 5.32 Å². The van der Waals surface area contributed by atoms with Crippen LogP contribution in [0.25, 0.3) is 16.2 Å². The van der Waals surface area contributed by atoms with Gasteiger partial charge in [0.25, 0.3) is 5.91 Å². The quantitative estimate of drug-likeness (QED) is 0.363. The van der Waals surface area contributed by atoms with Crippen LogP contribution in [-0.2, 0) is 17.6 Å². The summed E-state index contributed by atoms with van der Waals surface area (Å²) in [5.41, 5.74) is 3.24. The molecule has 0 aliphatic heterocycles. The molecular weight excluding hydrogens is 456 g/mol. The van der Waals surface area contributed by atoms with Crippen LogP contribution in [0.5, 0.6) is 0 Å². The van der Waals surface area contributed by atoms with Gasteiger partial charge < -0.3 is 10.1 Å². The maximum absolute atomic E-state index is 13.3. The molecule has 5 rings (SSSR count). The Balaban J connectivity index is 1.49. The highest BCUT2D eigenvalue weighted by Crippen LogP contribution is 2.39. The molecule has 0 saturated heterocycles. The third-order valence-corrected chi connectivity index (χ3v) is 8.00. The van der Waals surface area contributed by atoms with Crippen molar-refractivity contribution in [3.8, 4) is 10.6 Å². The highest BCUT2D eigenvalue weighted by atomic mass is 32.1. The lowest BCUT2D eigenvalue weighted by atomic mass is 9.95. The Hall–Kier alpha value is -3.04. The molecule has 0 aromatic carbocycles. The van der Waals surface area contributed by atoms with Gasteiger partial charge in [0.05, 0.1) is 28.4 Å². The highest BCUT2D eigenvalue weighted by Gasteiger charge is 2.29. The molecule has 0 bridgehead atoms. The maximum atomic E-state index is 13.3. The van der Waals surface area contributed by atoms with Crippen molar-refractivity contribution >= 4 is 45.2 Å². The fraction of sp³-hybridized carbons (Fsp3) is 0.333. The van der Waals surface area contributed by atoms with Gasteiger partial charge in [-0.3, -0.25) is 4.79 Å². The number of nitrogens with zero attached hydrogens (tertiary/aromatic N) is 3. The molecule has 4 aromatic heterocycles. The van der Waals surface area contributed by atoms with Crippen molar-refractivity contribution in [2.24, 2.45) is 0 Å². The number of fused-ring (bicyclic) bond motifs is 2. The SMILES string of the molecule is CCC(C)OC(=O)c1c(NC(=O)c2cnn3c(-c4cccs4)ccnc23)sc2c1CCCC2. The summed E-state index contributed by atoms with van der Waals surface area (Å²) in [5.74, 6) is -0.700. The Morgan fingerprint density at radius 3 is 2.91 bits per heavy atom. The second kappa shape index (κ2) is 9.07. The molecule has 1 aliphatic carbocycles. The lowest BCUT2D eigenvalue weighted by Gasteiger charge is -2.15. The molecule has 0 spiro atoms. The predicted molar refractivity (Wildman–Crippen MR) is 130 cm³/mol. The van der Waals surface area contributed by atoms with E-state index < -0.39 is 0 Å². The third-order valence-electron chi connectivity index (χ3n) is 5.91. The molecule has 1 N–H and O–H groups in total. The predicted octanol–water partition coefficient (Wildman–Crippen LogP) is 5.61. The average molecular weight is 481 g/mol. The van der Waals surface area contributed by atoms with Crippen LogP contribution in [0.3, 0.4) is 0 Å². The van der Waals surface area contributed by atoms with Crippen LogP contribution >= 0.6 is 22.7 Å². The van der Waals surface area contributed by atoms with Crippen molar-refractivity contribution in [1.29, 1.82) is 0 Å². The van der Waals surface area contributed by atoms with Crippen LogP contribution in [0.15, 0.2) is 36.0 Å². The topological polar surface area (TPSA) is 85.6 Å². The fourth-order valence-electron chi connectivity index (χ4n) is 4.03. The van der Waals surface area contributed by atoms with Gasteiger partial charge in [0.2, 0.25) is 0 Å². The van der Waals surface area contributed by atoms with Gasteiger partial charge in [0.15, 0.2) is 5.65 Å². The molecule has 1 aliphatic rings. The van der Waals surface area contributed by atoms with Crippen LogP contribution in [-0.4, -0.2) is 32.6 Å². The van der Waals surface area contributed by atoms with E-state index in [9.17, 15) is 9.59 Å². The number of rotatable bonds is 6. The van der Waals surface area contributed by atoms with E-state index in [4.69, 9.17) is 4.74 Å². The second-order valence-electron chi connectivity index (χ2n) is 8.09. The number of esters is 1. The first kappa shape index (κ1) is 21.8. The molecular formula is C24H24N4O3S2. The number of anilines is 1. The van der Waals surface area contributed by atoms with Crippen molar-refractivity contribution in [3.05, 3.63) is 57.5 Å². The number of thiophene rings is 2. The largest absolute Gasteiger partial charge is 0.459 e. The first-order valence-corrected chi connectivity index (χ1v) is 12.8. The molecule has 4 aromatic rings. The number of amides is 1. The van der Waals surface area contributed by atoms with E-state index in [0.717, 1.165) is 53.1 Å². The van der Waals surface area contributed by atoms with Crippen molar-refractivity contribution in [2.45, 2.75) is 52.1 Å². The normalized spacial score (nSPS) is 14.1. The number of hydrogen-bond acceptors (Lipinski definition) is 7. The first-order chi connectivity index (χ1) is 16.1. The number of nitrogens with one attached hydrogen (secondary N) is 1. The van der Waals surface area contributed by atoms with E-state index in [1.807, 2.05) is 37.4 Å². The van der Waals surface area contributed by atoms with Gasteiger partial charge in [-0.05, 0) is 62.1 Å². The number of carbonyl (C=O) groups is 2. The summed E-state index contributed by atoms with van der Waals surface area (Å²) < 4.78 is 7.32. The molecule has 0 saturated carbocycles. The van der Waals surface area contributed by atoms with Crippen molar-refractivity contribution in [1.82, 2.24) is 14.6 Å². The van der Waals surface area contributed by atoms with Gasteiger partial charge in [0.1, 0.15) is 10.6 Å². The average Bonchev–Trinajstić information content (AvgIpc) is 3.56. The van der Waals surface area contributed by atoms with Gasteiger partial charge in [-0.25, -0.2) is 14.3 Å². The Bertz CT molecular complexity index is 1320. The van der Waals surface area contributed by atoms with Crippen LogP contribution in [0.4, 0.5) is 5.00 Å². The summed E-state index contributed by atoms with van der Waals surface area (Å²) in [6, 6.07) is 5.86. The molecule has 170 valence electrons. The van der Waals surface area contributed by atoms with E-state index in [2.05, 4.69) is 15.4 Å². The van der Waals surface area contributed by atoms with Crippen LogP contribution in [0, 0.1) is 0 Å². The number of aromatic nitrogens is 3. The lowest BCUT2D eigenvalue weighted by molar-refractivity contribution is 0.0335. The monoisotopic (exact) mass is 480 g/mol. The van der Waals surface area contributed by atoms with Gasteiger partial charge in [-0.1, -0.05) is 13.0 Å². The molecule has 1 amide bonds. The van der Waals surface area contributed by atoms with Crippen LogP contribution in [0.1, 0.15) is 64.3 Å². The Morgan fingerprint density at radius 2 is 2.12 bits per heavy atom. The van der Waals surface area contributed by atoms with Crippen molar-refractivity contribution < 1.29 is 14.3 Å². The number of ether oxygens (including phenoxy) is 1. The Labute approximate surface area is 199 Å². The van der Waals surface area contributed by atoms with Gasteiger partial charge in [-0.15, -0.1) is 22.7 Å². The van der Waals surface area contributed by atoms with E-state index in [0.29, 0.717) is 21.8 Å². The molecule has 0 radical (unpaired) electrons. The maximum Gasteiger partial charge on any atom is 0.341 e. The standard InChI is InChI=1S/C24H24N4O3S2/c1-3-14(2)31-24(30)20-15-7-4-5-8-18(15)33-23(20)27-22(29)16-13-26-28-17(10-11-25-21(16)28)19-9-6-12-32-19/h6,9-14H,3-5,7-8H2,1-2H3,(H,27,29). The molecule has 7 nitrogen and oxygen atoms in total. The van der Waals surface area contributed by atoms with E-state index >= 15 is 0 Å². The van der Waals surface area contributed by atoms with E-state index in [-0.39, 0.29) is 18.0 Å². The fourth-order valence-corrected chi connectivity index (χ4v) is 6.04.